The molecule has 1 atom stereocenters. The van der Waals surface area contributed by atoms with E-state index in [0.717, 1.165) is 6.54 Å². The van der Waals surface area contributed by atoms with Crippen molar-refractivity contribution in [2.75, 3.05) is 6.54 Å². The first-order chi connectivity index (χ1) is 7.16. The van der Waals surface area contributed by atoms with Gasteiger partial charge in [-0.05, 0) is 26.2 Å². The first-order valence-electron chi connectivity index (χ1n) is 6.67. The third kappa shape index (κ3) is 4.98. The highest BCUT2D eigenvalue weighted by molar-refractivity contribution is 4.87. The molecule has 15 heavy (non-hydrogen) atoms. The molecule has 1 rings (SSSR count). The molecule has 90 valence electrons. The number of nitrogens with one attached hydrogen (secondary N) is 1. The number of nitrogens with two attached hydrogens (primary N) is 1. The summed E-state index contributed by atoms with van der Waals surface area (Å²) in [6.45, 7) is 5.58. The van der Waals surface area contributed by atoms with Crippen LogP contribution in [0.15, 0.2) is 0 Å². The van der Waals surface area contributed by atoms with E-state index in [4.69, 9.17) is 5.73 Å². The van der Waals surface area contributed by atoms with Crippen LogP contribution in [0.2, 0.25) is 0 Å². The van der Waals surface area contributed by atoms with Crippen LogP contribution >= 0.6 is 0 Å². The molecule has 0 aromatic rings. The number of rotatable bonds is 6. The van der Waals surface area contributed by atoms with Gasteiger partial charge in [-0.3, -0.25) is 0 Å². The van der Waals surface area contributed by atoms with E-state index >= 15 is 0 Å². The van der Waals surface area contributed by atoms with Gasteiger partial charge < -0.3 is 11.1 Å². The Hall–Kier alpha value is -0.0800. The van der Waals surface area contributed by atoms with Gasteiger partial charge >= 0.3 is 0 Å². The summed E-state index contributed by atoms with van der Waals surface area (Å²) in [6.07, 6.45) is 10.5. The van der Waals surface area contributed by atoms with E-state index in [1.807, 2.05) is 0 Å². The number of unbranched alkanes of at least 4 members (excludes halogenated alkanes) is 1. The summed E-state index contributed by atoms with van der Waals surface area (Å²) in [6, 6.07) is 0.351. The Labute approximate surface area is 95.0 Å². The minimum atomic E-state index is 0.351. The molecule has 1 unspecified atom stereocenters. The molecule has 0 heterocycles. The van der Waals surface area contributed by atoms with Crippen LogP contribution in [0.1, 0.15) is 65.2 Å². The topological polar surface area (TPSA) is 38.0 Å². The van der Waals surface area contributed by atoms with Crippen LogP contribution in [-0.4, -0.2) is 18.1 Å². The molecule has 0 saturated heterocycles. The molecule has 2 nitrogen and oxygen atoms in total. The van der Waals surface area contributed by atoms with Gasteiger partial charge in [-0.2, -0.15) is 0 Å². The maximum absolute atomic E-state index is 6.07. The maximum Gasteiger partial charge on any atom is 0.0165 e. The molecule has 0 radical (unpaired) electrons. The summed E-state index contributed by atoms with van der Waals surface area (Å²) in [5, 5.41) is 3.68. The molecular formula is C13H28N2. The lowest BCUT2D eigenvalue weighted by Crippen LogP contribution is -2.48. The fourth-order valence-corrected chi connectivity index (χ4v) is 2.45. The Balaban J connectivity index is 2.16. The van der Waals surface area contributed by atoms with Crippen LogP contribution in [0.25, 0.3) is 0 Å². The largest absolute Gasteiger partial charge is 0.327 e. The highest BCUT2D eigenvalue weighted by Crippen LogP contribution is 2.27. The van der Waals surface area contributed by atoms with Crippen molar-refractivity contribution in [3.8, 4) is 0 Å². The van der Waals surface area contributed by atoms with Crippen LogP contribution in [0, 0.1) is 0 Å². The van der Waals surface area contributed by atoms with Gasteiger partial charge in [-0.15, -0.1) is 0 Å². The van der Waals surface area contributed by atoms with Crippen molar-refractivity contribution in [3.63, 3.8) is 0 Å². The fraction of sp³-hybridized carbons (Fsp3) is 1.00. The van der Waals surface area contributed by atoms with Gasteiger partial charge in [0.25, 0.3) is 0 Å². The van der Waals surface area contributed by atoms with E-state index < -0.39 is 0 Å². The minimum absolute atomic E-state index is 0.351. The average molecular weight is 212 g/mol. The molecular weight excluding hydrogens is 184 g/mol. The van der Waals surface area contributed by atoms with E-state index in [2.05, 4.69) is 19.2 Å². The monoisotopic (exact) mass is 212 g/mol. The highest BCUT2D eigenvalue weighted by Gasteiger charge is 2.26. The zero-order chi connectivity index (χ0) is 11.1. The van der Waals surface area contributed by atoms with Crippen LogP contribution in [-0.2, 0) is 0 Å². The lowest BCUT2D eigenvalue weighted by atomic mass is 9.83. The van der Waals surface area contributed by atoms with E-state index in [1.54, 1.807) is 0 Å². The van der Waals surface area contributed by atoms with E-state index in [9.17, 15) is 0 Å². The number of hydrogen-bond donors (Lipinski definition) is 2. The second kappa shape index (κ2) is 6.49. The summed E-state index contributed by atoms with van der Waals surface area (Å²) in [4.78, 5) is 0. The normalized spacial score (nSPS) is 22.6. The van der Waals surface area contributed by atoms with Gasteiger partial charge in [0, 0.05) is 18.1 Å². The first-order valence-corrected chi connectivity index (χ1v) is 6.67. The Morgan fingerprint density at radius 3 is 2.53 bits per heavy atom. The van der Waals surface area contributed by atoms with Gasteiger partial charge in [0.1, 0.15) is 0 Å². The van der Waals surface area contributed by atoms with Crippen molar-refractivity contribution in [1.29, 1.82) is 0 Å². The lowest BCUT2D eigenvalue weighted by molar-refractivity contribution is 0.248. The van der Waals surface area contributed by atoms with Crippen LogP contribution in [0.3, 0.4) is 0 Å². The van der Waals surface area contributed by atoms with Gasteiger partial charge in [0.05, 0.1) is 0 Å². The summed E-state index contributed by atoms with van der Waals surface area (Å²) < 4.78 is 0. The Bertz CT molecular complexity index is 162. The maximum atomic E-state index is 6.07. The molecule has 1 aliphatic rings. The van der Waals surface area contributed by atoms with Crippen molar-refractivity contribution in [2.24, 2.45) is 5.73 Å². The van der Waals surface area contributed by atoms with Crippen molar-refractivity contribution in [2.45, 2.75) is 76.8 Å². The van der Waals surface area contributed by atoms with Gasteiger partial charge in [-0.1, -0.05) is 39.0 Å². The third-order valence-electron chi connectivity index (χ3n) is 3.68. The van der Waals surface area contributed by atoms with E-state index in [-0.39, 0.29) is 0 Å². The number of hydrogen-bond acceptors (Lipinski definition) is 2. The van der Waals surface area contributed by atoms with Crippen molar-refractivity contribution < 1.29 is 0 Å². The molecule has 0 aromatic carbocycles. The van der Waals surface area contributed by atoms with E-state index in [1.165, 1.54) is 51.4 Å². The Morgan fingerprint density at radius 2 is 1.93 bits per heavy atom. The van der Waals surface area contributed by atoms with Crippen LogP contribution < -0.4 is 11.1 Å². The summed E-state index contributed by atoms with van der Waals surface area (Å²) in [5.41, 5.74) is 6.45. The Morgan fingerprint density at radius 1 is 1.27 bits per heavy atom. The zero-order valence-electron chi connectivity index (χ0n) is 10.5. The first kappa shape index (κ1) is 13.0. The molecule has 0 aliphatic heterocycles. The average Bonchev–Trinajstić information content (AvgIpc) is 2.25. The SMILES string of the molecule is CCCCC(N)CNC1(C)CCCCC1. The van der Waals surface area contributed by atoms with Gasteiger partial charge in [-0.25, -0.2) is 0 Å². The molecule has 3 N–H and O–H groups in total. The van der Waals surface area contributed by atoms with Crippen LogP contribution in [0.5, 0.6) is 0 Å². The fourth-order valence-electron chi connectivity index (χ4n) is 2.45. The van der Waals surface area contributed by atoms with Crippen molar-refractivity contribution in [1.82, 2.24) is 5.32 Å². The summed E-state index contributed by atoms with van der Waals surface area (Å²) in [5.74, 6) is 0. The molecule has 1 saturated carbocycles. The van der Waals surface area contributed by atoms with Crippen molar-refractivity contribution in [3.05, 3.63) is 0 Å². The Kier molecular flexibility index (Phi) is 5.62. The molecule has 1 fully saturated rings. The van der Waals surface area contributed by atoms with Crippen LogP contribution in [0.4, 0.5) is 0 Å². The zero-order valence-corrected chi connectivity index (χ0v) is 10.5. The minimum Gasteiger partial charge on any atom is -0.327 e. The molecule has 1 aliphatic carbocycles. The third-order valence-corrected chi connectivity index (χ3v) is 3.68. The lowest BCUT2D eigenvalue weighted by Gasteiger charge is -2.35. The molecule has 2 heteroatoms. The second-order valence-corrected chi connectivity index (χ2v) is 5.40. The van der Waals surface area contributed by atoms with Gasteiger partial charge in [0.2, 0.25) is 0 Å². The predicted octanol–water partition coefficient (Wildman–Crippen LogP) is 2.82. The standard InChI is InChI=1S/C13H28N2/c1-3-4-8-12(14)11-15-13(2)9-6-5-7-10-13/h12,15H,3-11,14H2,1-2H3. The van der Waals surface area contributed by atoms with Crippen molar-refractivity contribution >= 4 is 0 Å². The predicted molar refractivity (Wildman–Crippen MR) is 67.0 cm³/mol. The molecule has 0 aromatic heterocycles. The molecule has 0 bridgehead atoms. The van der Waals surface area contributed by atoms with E-state index in [0.29, 0.717) is 11.6 Å². The van der Waals surface area contributed by atoms with Gasteiger partial charge in [0.15, 0.2) is 0 Å². The highest BCUT2D eigenvalue weighted by atomic mass is 15.0. The molecule has 0 spiro atoms. The summed E-state index contributed by atoms with van der Waals surface area (Å²) >= 11 is 0. The molecule has 0 amide bonds. The smallest absolute Gasteiger partial charge is 0.0165 e. The summed E-state index contributed by atoms with van der Waals surface area (Å²) in [7, 11) is 0. The quantitative estimate of drug-likeness (QED) is 0.710. The second-order valence-electron chi connectivity index (χ2n) is 5.40.